The highest BCUT2D eigenvalue weighted by molar-refractivity contribution is 9.10. The molecule has 0 saturated heterocycles. The summed E-state index contributed by atoms with van der Waals surface area (Å²) in [6.07, 6.45) is 2.28. The fourth-order valence-electron chi connectivity index (χ4n) is 2.60. The Morgan fingerprint density at radius 1 is 1.27 bits per heavy atom. The monoisotopic (exact) mass is 412 g/mol. The van der Waals surface area contributed by atoms with Crippen molar-refractivity contribution < 1.29 is 9.84 Å². The Morgan fingerprint density at radius 2 is 2.04 bits per heavy atom. The minimum Gasteiger partial charge on any atom is -0.487 e. The van der Waals surface area contributed by atoms with Gasteiger partial charge in [0.15, 0.2) is 5.82 Å². The first-order valence-corrected chi connectivity index (χ1v) is 8.85. The number of halogens is 1. The molecule has 0 amide bonds. The minimum atomic E-state index is 0.114. The summed E-state index contributed by atoms with van der Waals surface area (Å²) in [6.45, 7) is 2.09. The summed E-state index contributed by atoms with van der Waals surface area (Å²) >= 11 is 3.47. The highest BCUT2D eigenvalue weighted by Crippen LogP contribution is 2.24. The molecule has 132 valence electrons. The van der Waals surface area contributed by atoms with Crippen molar-refractivity contribution in [2.75, 3.05) is 6.61 Å². The number of nitrogens with zero attached hydrogens (tertiary/aromatic N) is 4. The van der Waals surface area contributed by atoms with E-state index in [9.17, 15) is 5.26 Å². The zero-order valence-electron chi connectivity index (χ0n) is 14.2. The van der Waals surface area contributed by atoms with Gasteiger partial charge in [0.2, 0.25) is 0 Å². The van der Waals surface area contributed by atoms with E-state index >= 15 is 0 Å². The third-order valence-corrected chi connectivity index (χ3v) is 4.53. The molecule has 7 heteroatoms. The van der Waals surface area contributed by atoms with Crippen LogP contribution in [0, 0.1) is 18.3 Å². The maximum absolute atomic E-state index is 9.51. The predicted octanol–water partition coefficient (Wildman–Crippen LogP) is 3.32. The van der Waals surface area contributed by atoms with Crippen molar-refractivity contribution in [1.82, 2.24) is 14.8 Å². The molecule has 0 atom stereocenters. The molecule has 26 heavy (non-hydrogen) atoms. The fourth-order valence-corrected chi connectivity index (χ4v) is 3.02. The van der Waals surface area contributed by atoms with Gasteiger partial charge in [0.1, 0.15) is 29.7 Å². The lowest BCUT2D eigenvalue weighted by Crippen LogP contribution is -2.09. The minimum absolute atomic E-state index is 0.114. The third kappa shape index (κ3) is 3.77. The molecule has 0 spiro atoms. The van der Waals surface area contributed by atoms with Gasteiger partial charge < -0.3 is 9.84 Å². The first-order valence-electron chi connectivity index (χ1n) is 8.06. The van der Waals surface area contributed by atoms with Crippen LogP contribution in [0.4, 0.5) is 0 Å². The maximum Gasteiger partial charge on any atom is 0.168 e. The molecule has 0 saturated carbocycles. The average molecular weight is 413 g/mol. The molecule has 0 bridgehead atoms. The lowest BCUT2D eigenvalue weighted by molar-refractivity contribution is 0.295. The van der Waals surface area contributed by atoms with Gasteiger partial charge in [-0.25, -0.2) is 9.67 Å². The third-order valence-electron chi connectivity index (χ3n) is 3.91. The van der Waals surface area contributed by atoms with Crippen LogP contribution in [-0.4, -0.2) is 26.5 Å². The first-order chi connectivity index (χ1) is 12.6. The second-order valence-corrected chi connectivity index (χ2v) is 6.50. The molecule has 1 aromatic carbocycles. The molecule has 2 aromatic heterocycles. The van der Waals surface area contributed by atoms with E-state index < -0.39 is 0 Å². The standard InChI is InChI=1S/C19H17BrN4O2/c1-13-16(11-21)18(24(23-13)19-17(20)3-2-9-22-19)12-26-15-6-4-14(5-7-15)8-10-25/h2-7,9,25H,8,10,12H2,1H3. The molecular formula is C19H17BrN4O2. The van der Waals surface area contributed by atoms with Crippen LogP contribution in [-0.2, 0) is 13.0 Å². The summed E-state index contributed by atoms with van der Waals surface area (Å²) in [5.41, 5.74) is 2.79. The molecule has 6 nitrogen and oxygen atoms in total. The van der Waals surface area contributed by atoms with Gasteiger partial charge in [-0.2, -0.15) is 10.4 Å². The Morgan fingerprint density at radius 3 is 2.69 bits per heavy atom. The van der Waals surface area contributed by atoms with E-state index in [0.717, 1.165) is 10.0 Å². The zero-order chi connectivity index (χ0) is 18.5. The Kier molecular flexibility index (Phi) is 5.66. The van der Waals surface area contributed by atoms with Crippen LogP contribution in [0.25, 0.3) is 5.82 Å². The van der Waals surface area contributed by atoms with E-state index in [0.29, 0.717) is 34.9 Å². The van der Waals surface area contributed by atoms with Crippen LogP contribution in [0.1, 0.15) is 22.5 Å². The molecular weight excluding hydrogens is 396 g/mol. The van der Waals surface area contributed by atoms with Gasteiger partial charge in [-0.15, -0.1) is 0 Å². The van der Waals surface area contributed by atoms with Crippen LogP contribution < -0.4 is 4.74 Å². The number of hydrogen-bond acceptors (Lipinski definition) is 5. The summed E-state index contributed by atoms with van der Waals surface area (Å²) in [5.74, 6) is 1.29. The van der Waals surface area contributed by atoms with Crippen molar-refractivity contribution >= 4 is 15.9 Å². The topological polar surface area (TPSA) is 84.0 Å². The lowest BCUT2D eigenvalue weighted by atomic mass is 10.1. The van der Waals surface area contributed by atoms with E-state index in [4.69, 9.17) is 9.84 Å². The number of pyridine rings is 1. The smallest absolute Gasteiger partial charge is 0.168 e. The van der Waals surface area contributed by atoms with Gasteiger partial charge in [-0.3, -0.25) is 0 Å². The van der Waals surface area contributed by atoms with Crippen molar-refractivity contribution in [3.8, 4) is 17.6 Å². The van der Waals surface area contributed by atoms with E-state index in [1.54, 1.807) is 17.8 Å². The Balaban J connectivity index is 1.89. The van der Waals surface area contributed by atoms with Crippen LogP contribution in [0.5, 0.6) is 5.75 Å². The molecule has 0 radical (unpaired) electrons. The van der Waals surface area contributed by atoms with Gasteiger partial charge in [0.25, 0.3) is 0 Å². The SMILES string of the molecule is Cc1nn(-c2ncccc2Br)c(COc2ccc(CCO)cc2)c1C#N. The number of aliphatic hydroxyl groups is 1. The lowest BCUT2D eigenvalue weighted by Gasteiger charge is -2.10. The summed E-state index contributed by atoms with van der Waals surface area (Å²) < 4.78 is 8.28. The zero-order valence-corrected chi connectivity index (χ0v) is 15.8. The van der Waals surface area contributed by atoms with Crippen LogP contribution in [0.2, 0.25) is 0 Å². The number of rotatable bonds is 6. The second kappa shape index (κ2) is 8.13. The van der Waals surface area contributed by atoms with Crippen molar-refractivity contribution in [2.24, 2.45) is 0 Å². The average Bonchev–Trinajstić information content (AvgIpc) is 2.97. The van der Waals surface area contributed by atoms with E-state index in [1.165, 1.54) is 0 Å². The van der Waals surface area contributed by atoms with Gasteiger partial charge in [0.05, 0.1) is 10.2 Å². The van der Waals surface area contributed by atoms with E-state index in [1.807, 2.05) is 36.4 Å². The molecule has 0 aliphatic heterocycles. The van der Waals surface area contributed by atoms with Crippen LogP contribution in [0.3, 0.4) is 0 Å². The van der Waals surface area contributed by atoms with Gasteiger partial charge in [0, 0.05) is 12.8 Å². The molecule has 1 N–H and O–H groups in total. The quantitative estimate of drug-likeness (QED) is 0.670. The largest absolute Gasteiger partial charge is 0.487 e. The molecule has 2 heterocycles. The summed E-state index contributed by atoms with van der Waals surface area (Å²) in [7, 11) is 0. The Labute approximate surface area is 159 Å². The molecule has 0 aliphatic rings. The normalized spacial score (nSPS) is 10.5. The van der Waals surface area contributed by atoms with Gasteiger partial charge in [-0.1, -0.05) is 12.1 Å². The van der Waals surface area contributed by atoms with Crippen molar-refractivity contribution in [3.05, 3.63) is 69.6 Å². The van der Waals surface area contributed by atoms with Gasteiger partial charge >= 0.3 is 0 Å². The van der Waals surface area contributed by atoms with Crippen molar-refractivity contribution in [1.29, 1.82) is 5.26 Å². The van der Waals surface area contributed by atoms with Crippen molar-refractivity contribution in [3.63, 3.8) is 0 Å². The molecule has 3 rings (SSSR count). The molecule has 0 fully saturated rings. The second-order valence-electron chi connectivity index (χ2n) is 5.65. The van der Waals surface area contributed by atoms with Crippen LogP contribution >= 0.6 is 15.9 Å². The Hall–Kier alpha value is -2.69. The predicted molar refractivity (Wildman–Crippen MR) is 100 cm³/mol. The summed E-state index contributed by atoms with van der Waals surface area (Å²) in [6, 6.07) is 13.4. The fraction of sp³-hybridized carbons (Fsp3) is 0.211. The van der Waals surface area contributed by atoms with Gasteiger partial charge in [-0.05, 0) is 59.1 Å². The van der Waals surface area contributed by atoms with E-state index in [-0.39, 0.29) is 13.2 Å². The number of aryl methyl sites for hydroxylation is 1. The highest BCUT2D eigenvalue weighted by Gasteiger charge is 2.19. The number of ether oxygens (including phenoxy) is 1. The first kappa shape index (κ1) is 18.1. The molecule has 0 unspecified atom stereocenters. The molecule has 0 aliphatic carbocycles. The van der Waals surface area contributed by atoms with E-state index in [2.05, 4.69) is 32.1 Å². The summed E-state index contributed by atoms with van der Waals surface area (Å²) in [5, 5.41) is 22.9. The summed E-state index contributed by atoms with van der Waals surface area (Å²) in [4.78, 5) is 4.35. The molecule has 3 aromatic rings. The number of nitriles is 1. The van der Waals surface area contributed by atoms with Crippen LogP contribution in [0.15, 0.2) is 47.1 Å². The number of hydrogen-bond donors (Lipinski definition) is 1. The number of aromatic nitrogens is 3. The number of aliphatic hydroxyl groups excluding tert-OH is 1. The highest BCUT2D eigenvalue weighted by atomic mass is 79.9. The number of benzene rings is 1. The van der Waals surface area contributed by atoms with Crippen molar-refractivity contribution in [2.45, 2.75) is 20.0 Å². The Bertz CT molecular complexity index is 945. The maximum atomic E-state index is 9.51.